The van der Waals surface area contributed by atoms with Gasteiger partial charge in [-0.1, -0.05) is 0 Å². The Morgan fingerprint density at radius 3 is 2.23 bits per heavy atom. The van der Waals surface area contributed by atoms with E-state index in [1.165, 1.54) is 19.4 Å². The molecule has 0 fully saturated rings. The summed E-state index contributed by atoms with van der Waals surface area (Å²) in [6.07, 6.45) is 2.11. The highest BCUT2D eigenvalue weighted by molar-refractivity contribution is 7.80. The van der Waals surface area contributed by atoms with Crippen LogP contribution in [0.3, 0.4) is 0 Å². The lowest BCUT2D eigenvalue weighted by atomic mass is 10.1. The predicted octanol–water partition coefficient (Wildman–Crippen LogP) is -2.76. The fraction of sp³-hybridized carbons (Fsp3) is 0.500. The number of carboxylic acid groups (broad SMARTS) is 2. The molecule has 4 atom stereocenters. The number of nitrogens with zero attached hydrogens (tertiary/aromatic N) is 1. The minimum absolute atomic E-state index is 0.0416. The topological polar surface area (TPSA) is 217 Å². The molecule has 0 aliphatic carbocycles. The smallest absolute Gasteiger partial charge is 0.327 e. The average molecular weight is 444 g/mol. The maximum Gasteiger partial charge on any atom is 0.327 e. The van der Waals surface area contributed by atoms with Crippen LogP contribution in [0.15, 0.2) is 12.5 Å². The first-order chi connectivity index (χ1) is 14.0. The number of carbonyl (C=O) groups is 5. The van der Waals surface area contributed by atoms with E-state index in [-0.39, 0.29) is 12.2 Å². The summed E-state index contributed by atoms with van der Waals surface area (Å²) in [4.78, 5) is 65.2. The van der Waals surface area contributed by atoms with Crippen molar-refractivity contribution in [2.24, 2.45) is 5.73 Å². The Morgan fingerprint density at radius 1 is 1.10 bits per heavy atom. The number of aromatic amines is 1. The molecule has 0 aliphatic rings. The summed E-state index contributed by atoms with van der Waals surface area (Å²) >= 11 is 3.84. The van der Waals surface area contributed by atoms with Gasteiger partial charge in [-0.05, 0) is 6.92 Å². The molecule has 0 aliphatic heterocycles. The third-order valence-electron chi connectivity index (χ3n) is 3.89. The van der Waals surface area contributed by atoms with E-state index in [4.69, 9.17) is 15.9 Å². The number of hydrogen-bond donors (Lipinski definition) is 8. The Morgan fingerprint density at radius 2 is 1.73 bits per heavy atom. The molecule has 1 rings (SSSR count). The minimum atomic E-state index is -1.38. The second-order valence-corrected chi connectivity index (χ2v) is 6.72. The Kier molecular flexibility index (Phi) is 9.77. The van der Waals surface area contributed by atoms with Crippen LogP contribution in [0.25, 0.3) is 0 Å². The molecule has 14 heteroatoms. The zero-order valence-electron chi connectivity index (χ0n) is 16.0. The highest BCUT2D eigenvalue weighted by atomic mass is 32.1. The van der Waals surface area contributed by atoms with E-state index in [2.05, 4.69) is 38.5 Å². The fourth-order valence-corrected chi connectivity index (χ4v) is 2.49. The van der Waals surface area contributed by atoms with Crippen LogP contribution in [0.5, 0.6) is 0 Å². The number of aliphatic carboxylic acids is 2. The van der Waals surface area contributed by atoms with Gasteiger partial charge in [0, 0.05) is 24.1 Å². The largest absolute Gasteiger partial charge is 0.481 e. The number of hydrogen-bond acceptors (Lipinski definition) is 8. The molecular weight excluding hydrogens is 420 g/mol. The maximum absolute atomic E-state index is 12.6. The first-order valence-electron chi connectivity index (χ1n) is 8.74. The highest BCUT2D eigenvalue weighted by Crippen LogP contribution is 2.02. The zero-order chi connectivity index (χ0) is 22.8. The molecule has 30 heavy (non-hydrogen) atoms. The van der Waals surface area contributed by atoms with Crippen LogP contribution >= 0.6 is 12.6 Å². The number of carboxylic acids is 2. The summed E-state index contributed by atoms with van der Waals surface area (Å²) in [6.45, 7) is 1.33. The van der Waals surface area contributed by atoms with Crippen molar-refractivity contribution in [1.82, 2.24) is 25.9 Å². The number of H-pyrrole nitrogens is 1. The van der Waals surface area contributed by atoms with Crippen LogP contribution in [-0.4, -0.2) is 79.8 Å². The Labute approximate surface area is 176 Å². The van der Waals surface area contributed by atoms with Gasteiger partial charge in [0.2, 0.25) is 17.7 Å². The molecule has 0 aromatic carbocycles. The number of imidazole rings is 1. The van der Waals surface area contributed by atoms with Gasteiger partial charge in [-0.2, -0.15) is 12.6 Å². The molecule has 13 nitrogen and oxygen atoms in total. The second-order valence-electron chi connectivity index (χ2n) is 6.36. The minimum Gasteiger partial charge on any atom is -0.481 e. The van der Waals surface area contributed by atoms with Crippen LogP contribution in [0.2, 0.25) is 0 Å². The fourth-order valence-electron chi connectivity index (χ4n) is 2.25. The summed E-state index contributed by atoms with van der Waals surface area (Å²) < 4.78 is 0. The van der Waals surface area contributed by atoms with E-state index in [1.54, 1.807) is 0 Å². The van der Waals surface area contributed by atoms with E-state index in [9.17, 15) is 24.0 Å². The van der Waals surface area contributed by atoms with Crippen LogP contribution in [0.4, 0.5) is 0 Å². The molecule has 0 bridgehead atoms. The van der Waals surface area contributed by atoms with Crippen molar-refractivity contribution in [3.05, 3.63) is 18.2 Å². The van der Waals surface area contributed by atoms with Gasteiger partial charge in [-0.25, -0.2) is 9.78 Å². The van der Waals surface area contributed by atoms with Crippen molar-refractivity contribution in [3.8, 4) is 0 Å². The van der Waals surface area contributed by atoms with E-state index < -0.39 is 60.2 Å². The van der Waals surface area contributed by atoms with Crippen LogP contribution in [-0.2, 0) is 30.4 Å². The lowest BCUT2D eigenvalue weighted by Gasteiger charge is -2.22. The van der Waals surface area contributed by atoms with Gasteiger partial charge in [0.25, 0.3) is 0 Å². The predicted molar refractivity (Wildman–Crippen MR) is 105 cm³/mol. The molecule has 0 radical (unpaired) electrons. The molecule has 0 saturated heterocycles. The van der Waals surface area contributed by atoms with Gasteiger partial charge < -0.3 is 36.9 Å². The maximum atomic E-state index is 12.6. The molecule has 4 unspecified atom stereocenters. The lowest BCUT2D eigenvalue weighted by molar-refractivity contribution is -0.141. The number of aromatic nitrogens is 2. The van der Waals surface area contributed by atoms with Crippen LogP contribution < -0.4 is 21.7 Å². The van der Waals surface area contributed by atoms with Gasteiger partial charge in [0.15, 0.2) is 0 Å². The molecule has 0 saturated carbocycles. The third-order valence-corrected chi connectivity index (χ3v) is 4.26. The molecule has 3 amide bonds. The molecule has 1 aromatic heterocycles. The van der Waals surface area contributed by atoms with Crippen molar-refractivity contribution < 1.29 is 34.2 Å². The van der Waals surface area contributed by atoms with Crippen molar-refractivity contribution >= 4 is 42.3 Å². The van der Waals surface area contributed by atoms with Gasteiger partial charge in [-0.3, -0.25) is 19.2 Å². The average Bonchev–Trinajstić information content (AvgIpc) is 3.17. The SMILES string of the molecule is CC(NC(=O)C(Cc1cnc[nH]1)NC(=O)C(N)CC(=O)O)C(=O)NC(CS)C(=O)O. The van der Waals surface area contributed by atoms with Gasteiger partial charge >= 0.3 is 11.9 Å². The number of nitrogens with two attached hydrogens (primary N) is 1. The molecule has 166 valence electrons. The quantitative estimate of drug-likeness (QED) is 0.156. The van der Waals surface area contributed by atoms with E-state index in [0.717, 1.165) is 0 Å². The van der Waals surface area contributed by atoms with Gasteiger partial charge in [0.1, 0.15) is 18.1 Å². The highest BCUT2D eigenvalue weighted by Gasteiger charge is 2.29. The zero-order valence-corrected chi connectivity index (χ0v) is 16.9. The molecular formula is C16H24N6O7S. The Balaban J connectivity index is 2.83. The normalized spacial score (nSPS) is 14.6. The lowest BCUT2D eigenvalue weighted by Crippen LogP contribution is -2.57. The standard InChI is InChI=1S/C16H24N6O7S/c1-7(13(25)22-11(5-30)16(28)29)20-15(27)10(2-8-4-18-6-19-8)21-14(26)9(17)3-12(23)24/h4,6-7,9-11,30H,2-3,5,17H2,1H3,(H,18,19)(H,20,27)(H,21,26)(H,22,25)(H,23,24)(H,28,29). The molecule has 8 N–H and O–H groups in total. The van der Waals surface area contributed by atoms with Crippen molar-refractivity contribution in [1.29, 1.82) is 0 Å². The van der Waals surface area contributed by atoms with Gasteiger partial charge in [0.05, 0.1) is 18.8 Å². The number of nitrogens with one attached hydrogen (secondary N) is 4. The monoisotopic (exact) mass is 444 g/mol. The van der Waals surface area contributed by atoms with E-state index >= 15 is 0 Å². The number of amides is 3. The van der Waals surface area contributed by atoms with Crippen LogP contribution in [0, 0.1) is 0 Å². The molecule has 1 heterocycles. The number of thiol groups is 1. The van der Waals surface area contributed by atoms with E-state index in [1.807, 2.05) is 0 Å². The summed E-state index contributed by atoms with van der Waals surface area (Å²) in [5, 5.41) is 24.7. The summed E-state index contributed by atoms with van der Waals surface area (Å²) in [6, 6.07) is -4.96. The first-order valence-corrected chi connectivity index (χ1v) is 9.37. The van der Waals surface area contributed by atoms with Crippen molar-refractivity contribution in [2.75, 3.05) is 5.75 Å². The summed E-state index contributed by atoms with van der Waals surface area (Å²) in [5.74, 6) is -5.11. The van der Waals surface area contributed by atoms with Crippen LogP contribution in [0.1, 0.15) is 19.0 Å². The summed E-state index contributed by atoms with van der Waals surface area (Å²) in [7, 11) is 0. The Hall–Kier alpha value is -3.13. The Bertz CT molecular complexity index is 772. The number of rotatable bonds is 12. The second kappa shape index (κ2) is 11.8. The first kappa shape index (κ1) is 24.9. The van der Waals surface area contributed by atoms with Gasteiger partial charge in [-0.15, -0.1) is 0 Å². The van der Waals surface area contributed by atoms with Crippen molar-refractivity contribution in [2.45, 2.75) is 43.9 Å². The van der Waals surface area contributed by atoms with Crippen molar-refractivity contribution in [3.63, 3.8) is 0 Å². The molecule has 1 aromatic rings. The third kappa shape index (κ3) is 8.08. The number of carbonyl (C=O) groups excluding carboxylic acids is 3. The molecule has 0 spiro atoms. The van der Waals surface area contributed by atoms with E-state index in [0.29, 0.717) is 5.69 Å². The summed E-state index contributed by atoms with van der Waals surface area (Å²) in [5.41, 5.74) is 6.00.